The summed E-state index contributed by atoms with van der Waals surface area (Å²) in [5, 5.41) is 10.4. The summed E-state index contributed by atoms with van der Waals surface area (Å²) in [5.41, 5.74) is 0.697. The fraction of sp³-hybridized carbons (Fsp3) is 0.167. The van der Waals surface area contributed by atoms with Gasteiger partial charge in [-0.3, -0.25) is 4.98 Å². The first-order valence-corrected chi connectivity index (χ1v) is 8.01. The maximum atomic E-state index is 12.2. The molecule has 20 heavy (non-hydrogen) atoms. The quantitative estimate of drug-likeness (QED) is 0.878. The Balaban J connectivity index is 2.28. The first-order valence-electron chi connectivity index (χ1n) is 5.65. The van der Waals surface area contributed by atoms with Gasteiger partial charge in [0.2, 0.25) is 10.0 Å². The lowest BCUT2D eigenvalue weighted by Crippen LogP contribution is -2.27. The summed E-state index contributed by atoms with van der Waals surface area (Å²) in [6.45, 7) is 1.67. The minimum Gasteiger partial charge on any atom is -0.477 e. The molecule has 0 aliphatic rings. The van der Waals surface area contributed by atoms with Crippen LogP contribution in [0.2, 0.25) is 0 Å². The van der Waals surface area contributed by atoms with Crippen LogP contribution in [-0.4, -0.2) is 24.5 Å². The SMILES string of the molecule is CC(NS(=O)(=O)c1ccsc1C(=O)O)c1cccnc1. The lowest BCUT2D eigenvalue weighted by atomic mass is 10.2. The molecule has 0 aliphatic heterocycles. The standard InChI is InChI=1S/C12H12N2O4S2/c1-8(9-3-2-5-13-7-9)14-20(17,18)10-4-6-19-11(10)12(15)16/h2-8,14H,1H3,(H,15,16). The first kappa shape index (κ1) is 14.6. The molecule has 0 bridgehead atoms. The van der Waals surface area contributed by atoms with Crippen LogP contribution in [-0.2, 0) is 10.0 Å². The van der Waals surface area contributed by atoms with Gasteiger partial charge in [0.05, 0.1) is 0 Å². The molecular formula is C12H12N2O4S2. The van der Waals surface area contributed by atoms with Crippen LogP contribution in [0.5, 0.6) is 0 Å². The first-order chi connectivity index (χ1) is 9.42. The van der Waals surface area contributed by atoms with Crippen molar-refractivity contribution in [3.63, 3.8) is 0 Å². The smallest absolute Gasteiger partial charge is 0.347 e. The highest BCUT2D eigenvalue weighted by Gasteiger charge is 2.25. The highest BCUT2D eigenvalue weighted by Crippen LogP contribution is 2.23. The number of aromatic carboxylic acids is 1. The van der Waals surface area contributed by atoms with E-state index in [9.17, 15) is 13.2 Å². The Hall–Kier alpha value is -1.77. The normalized spacial score (nSPS) is 13.1. The van der Waals surface area contributed by atoms with Crippen LogP contribution < -0.4 is 4.72 Å². The van der Waals surface area contributed by atoms with Crippen LogP contribution in [0.15, 0.2) is 40.9 Å². The number of aromatic nitrogens is 1. The fourth-order valence-electron chi connectivity index (χ4n) is 1.66. The molecule has 0 saturated carbocycles. The second-order valence-electron chi connectivity index (χ2n) is 4.05. The van der Waals surface area contributed by atoms with Gasteiger partial charge in [0.15, 0.2) is 0 Å². The number of carboxylic acid groups (broad SMARTS) is 1. The molecule has 0 saturated heterocycles. The molecule has 0 aromatic carbocycles. The van der Waals surface area contributed by atoms with E-state index in [0.29, 0.717) is 5.56 Å². The molecule has 0 spiro atoms. The molecule has 2 aromatic rings. The third-order valence-corrected chi connectivity index (χ3v) is 5.24. The van der Waals surface area contributed by atoms with E-state index < -0.39 is 22.0 Å². The van der Waals surface area contributed by atoms with Gasteiger partial charge in [-0.25, -0.2) is 17.9 Å². The largest absolute Gasteiger partial charge is 0.477 e. The van der Waals surface area contributed by atoms with Crippen LogP contribution >= 0.6 is 11.3 Å². The Kier molecular flexibility index (Phi) is 4.17. The van der Waals surface area contributed by atoms with E-state index in [-0.39, 0.29) is 9.77 Å². The van der Waals surface area contributed by atoms with Gasteiger partial charge in [-0.2, -0.15) is 0 Å². The van der Waals surface area contributed by atoms with Crippen LogP contribution in [0.25, 0.3) is 0 Å². The Morgan fingerprint density at radius 3 is 2.80 bits per heavy atom. The van der Waals surface area contributed by atoms with Crippen LogP contribution in [0.1, 0.15) is 28.2 Å². The number of nitrogens with zero attached hydrogens (tertiary/aromatic N) is 1. The number of sulfonamides is 1. The number of hydrogen-bond donors (Lipinski definition) is 2. The van der Waals surface area contributed by atoms with Crippen molar-refractivity contribution in [2.24, 2.45) is 0 Å². The zero-order valence-corrected chi connectivity index (χ0v) is 12.1. The van der Waals surface area contributed by atoms with Gasteiger partial charge in [0, 0.05) is 18.4 Å². The third-order valence-electron chi connectivity index (χ3n) is 2.63. The second kappa shape index (κ2) is 5.70. The van der Waals surface area contributed by atoms with Crippen molar-refractivity contribution in [1.29, 1.82) is 0 Å². The minimum atomic E-state index is -3.89. The van der Waals surface area contributed by atoms with Gasteiger partial charge in [-0.1, -0.05) is 6.07 Å². The van der Waals surface area contributed by atoms with Crippen molar-refractivity contribution in [1.82, 2.24) is 9.71 Å². The molecule has 0 fully saturated rings. The maximum absolute atomic E-state index is 12.2. The molecule has 2 N–H and O–H groups in total. The van der Waals surface area contributed by atoms with Gasteiger partial charge in [0.1, 0.15) is 9.77 Å². The molecule has 1 atom stereocenters. The van der Waals surface area contributed by atoms with E-state index in [0.717, 1.165) is 11.3 Å². The average Bonchev–Trinajstić information content (AvgIpc) is 2.89. The number of hydrogen-bond acceptors (Lipinski definition) is 5. The molecule has 2 aromatic heterocycles. The second-order valence-corrected chi connectivity index (χ2v) is 6.65. The summed E-state index contributed by atoms with van der Waals surface area (Å²) in [7, 11) is -3.89. The van der Waals surface area contributed by atoms with Gasteiger partial charge in [-0.15, -0.1) is 11.3 Å². The topological polar surface area (TPSA) is 96.4 Å². The van der Waals surface area contributed by atoms with E-state index >= 15 is 0 Å². The average molecular weight is 312 g/mol. The summed E-state index contributed by atoms with van der Waals surface area (Å²) < 4.78 is 26.9. The molecule has 0 amide bonds. The number of pyridine rings is 1. The lowest BCUT2D eigenvalue weighted by Gasteiger charge is -2.13. The number of carboxylic acids is 1. The summed E-state index contributed by atoms with van der Waals surface area (Å²) >= 11 is 0.876. The summed E-state index contributed by atoms with van der Waals surface area (Å²) in [6.07, 6.45) is 3.14. The Bertz CT molecular complexity index is 710. The van der Waals surface area contributed by atoms with Gasteiger partial charge in [0.25, 0.3) is 0 Å². The maximum Gasteiger partial charge on any atom is 0.347 e. The Morgan fingerprint density at radius 1 is 1.45 bits per heavy atom. The number of rotatable bonds is 5. The van der Waals surface area contributed by atoms with Crippen molar-refractivity contribution in [2.75, 3.05) is 0 Å². The fourth-order valence-corrected chi connectivity index (χ4v) is 4.15. The van der Waals surface area contributed by atoms with Crippen molar-refractivity contribution in [3.8, 4) is 0 Å². The molecule has 106 valence electrons. The Labute approximate surface area is 120 Å². The molecule has 1 unspecified atom stereocenters. The summed E-state index contributed by atoms with van der Waals surface area (Å²) in [5.74, 6) is -1.26. The zero-order valence-electron chi connectivity index (χ0n) is 10.5. The third kappa shape index (κ3) is 3.03. The number of thiophene rings is 1. The predicted octanol–water partition coefficient (Wildman–Crippen LogP) is 1.88. The van der Waals surface area contributed by atoms with Crippen molar-refractivity contribution in [2.45, 2.75) is 17.9 Å². The highest BCUT2D eigenvalue weighted by atomic mass is 32.2. The molecule has 2 rings (SSSR count). The monoisotopic (exact) mass is 312 g/mol. The Morgan fingerprint density at radius 2 is 2.20 bits per heavy atom. The van der Waals surface area contributed by atoms with E-state index in [2.05, 4.69) is 9.71 Å². The molecular weight excluding hydrogens is 300 g/mol. The molecule has 2 heterocycles. The van der Waals surface area contributed by atoms with Gasteiger partial charge in [-0.05, 0) is 30.0 Å². The van der Waals surface area contributed by atoms with E-state index in [1.807, 2.05) is 0 Å². The van der Waals surface area contributed by atoms with Crippen molar-refractivity contribution >= 4 is 27.3 Å². The van der Waals surface area contributed by atoms with Crippen LogP contribution in [0.4, 0.5) is 0 Å². The number of nitrogens with one attached hydrogen (secondary N) is 1. The van der Waals surface area contributed by atoms with Crippen LogP contribution in [0, 0.1) is 0 Å². The highest BCUT2D eigenvalue weighted by molar-refractivity contribution is 7.89. The summed E-state index contributed by atoms with van der Waals surface area (Å²) in [4.78, 5) is 14.5. The molecule has 0 aliphatic carbocycles. The lowest BCUT2D eigenvalue weighted by molar-refractivity contribution is 0.0698. The zero-order chi connectivity index (χ0) is 14.8. The van der Waals surface area contributed by atoms with E-state index in [1.54, 1.807) is 31.5 Å². The number of carbonyl (C=O) groups is 1. The minimum absolute atomic E-state index is 0.198. The van der Waals surface area contributed by atoms with Crippen LogP contribution in [0.3, 0.4) is 0 Å². The van der Waals surface area contributed by atoms with Crippen molar-refractivity contribution in [3.05, 3.63) is 46.4 Å². The summed E-state index contributed by atoms with van der Waals surface area (Å²) in [6, 6.07) is 4.22. The van der Waals surface area contributed by atoms with Crippen molar-refractivity contribution < 1.29 is 18.3 Å². The molecule has 6 nitrogen and oxygen atoms in total. The van der Waals surface area contributed by atoms with E-state index in [4.69, 9.17) is 5.11 Å². The molecule has 0 radical (unpaired) electrons. The predicted molar refractivity (Wildman–Crippen MR) is 74.3 cm³/mol. The van der Waals surface area contributed by atoms with E-state index in [1.165, 1.54) is 11.4 Å². The van der Waals surface area contributed by atoms with Gasteiger partial charge >= 0.3 is 5.97 Å². The van der Waals surface area contributed by atoms with Gasteiger partial charge < -0.3 is 5.11 Å². The molecule has 8 heteroatoms.